The quantitative estimate of drug-likeness (QED) is 0.856. The van der Waals surface area contributed by atoms with Gasteiger partial charge in [-0.25, -0.2) is 0 Å². The molecule has 0 bridgehead atoms. The minimum atomic E-state index is -0.224. The number of amides is 1. The molecule has 0 spiro atoms. The minimum Gasteiger partial charge on any atom is -0.494 e. The number of carbonyl (C=O) groups excluding carboxylic acids is 1. The Labute approximate surface area is 129 Å². The number of hydrogen-bond donors (Lipinski definition) is 1. The first-order chi connectivity index (χ1) is 10.7. The molecule has 0 aliphatic carbocycles. The standard InChI is InChI=1S/C18H16N2O2/c1-2-22-17-10-5-14(6-11-17)7-12-18(21)20-16-8-3-15(13-19)4-9-16/h3-12H,2H2,1H3,(H,20,21)/b12-7+. The normalized spacial score (nSPS) is 10.2. The van der Waals surface area contributed by atoms with Crippen LogP contribution in [0.25, 0.3) is 6.08 Å². The number of carbonyl (C=O) groups is 1. The number of nitriles is 1. The van der Waals surface area contributed by atoms with E-state index in [0.717, 1.165) is 11.3 Å². The predicted molar refractivity (Wildman–Crippen MR) is 86.4 cm³/mol. The average molecular weight is 292 g/mol. The second-order valence-corrected chi connectivity index (χ2v) is 4.51. The van der Waals surface area contributed by atoms with Gasteiger partial charge in [-0.3, -0.25) is 4.79 Å². The lowest BCUT2D eigenvalue weighted by Gasteiger charge is -2.03. The van der Waals surface area contributed by atoms with Crippen LogP contribution >= 0.6 is 0 Å². The van der Waals surface area contributed by atoms with Crippen LogP contribution in [0.15, 0.2) is 54.6 Å². The fraction of sp³-hybridized carbons (Fsp3) is 0.111. The van der Waals surface area contributed by atoms with Crippen molar-refractivity contribution in [2.45, 2.75) is 6.92 Å². The molecular formula is C18H16N2O2. The summed E-state index contributed by atoms with van der Waals surface area (Å²) in [5.41, 5.74) is 2.13. The van der Waals surface area contributed by atoms with Gasteiger partial charge in [0.15, 0.2) is 0 Å². The summed E-state index contributed by atoms with van der Waals surface area (Å²) in [5, 5.41) is 11.5. The van der Waals surface area contributed by atoms with Crippen LogP contribution in [0.2, 0.25) is 0 Å². The highest BCUT2D eigenvalue weighted by molar-refractivity contribution is 6.01. The number of nitrogens with one attached hydrogen (secondary N) is 1. The van der Waals surface area contributed by atoms with E-state index in [0.29, 0.717) is 17.9 Å². The second kappa shape index (κ2) is 7.65. The maximum absolute atomic E-state index is 11.8. The third-order valence-electron chi connectivity index (χ3n) is 2.90. The molecule has 2 aromatic carbocycles. The summed E-state index contributed by atoms with van der Waals surface area (Å²) >= 11 is 0. The lowest BCUT2D eigenvalue weighted by molar-refractivity contribution is -0.111. The summed E-state index contributed by atoms with van der Waals surface area (Å²) < 4.78 is 5.36. The highest BCUT2D eigenvalue weighted by atomic mass is 16.5. The Kier molecular flexibility index (Phi) is 5.33. The second-order valence-electron chi connectivity index (χ2n) is 4.51. The molecule has 0 radical (unpaired) electrons. The number of benzene rings is 2. The molecule has 0 unspecified atom stereocenters. The van der Waals surface area contributed by atoms with Crippen molar-refractivity contribution in [3.8, 4) is 11.8 Å². The van der Waals surface area contributed by atoms with Crippen LogP contribution in [0.1, 0.15) is 18.1 Å². The van der Waals surface area contributed by atoms with Gasteiger partial charge in [-0.15, -0.1) is 0 Å². The molecule has 0 fully saturated rings. The van der Waals surface area contributed by atoms with Crippen molar-refractivity contribution in [1.82, 2.24) is 0 Å². The highest BCUT2D eigenvalue weighted by Crippen LogP contribution is 2.13. The number of ether oxygens (including phenoxy) is 1. The number of anilines is 1. The van der Waals surface area contributed by atoms with Crippen LogP contribution in [0, 0.1) is 11.3 Å². The third kappa shape index (κ3) is 4.50. The van der Waals surface area contributed by atoms with Gasteiger partial charge in [0.25, 0.3) is 0 Å². The van der Waals surface area contributed by atoms with Crippen molar-refractivity contribution in [2.75, 3.05) is 11.9 Å². The van der Waals surface area contributed by atoms with Gasteiger partial charge in [-0.1, -0.05) is 12.1 Å². The molecule has 0 aliphatic heterocycles. The molecule has 1 N–H and O–H groups in total. The Morgan fingerprint density at radius 1 is 1.18 bits per heavy atom. The summed E-state index contributed by atoms with van der Waals surface area (Å²) in [4.78, 5) is 11.8. The lowest BCUT2D eigenvalue weighted by Crippen LogP contribution is -2.07. The molecule has 0 aromatic heterocycles. The van der Waals surface area contributed by atoms with Crippen molar-refractivity contribution in [3.05, 3.63) is 65.7 Å². The van der Waals surface area contributed by atoms with E-state index in [2.05, 4.69) is 5.32 Å². The smallest absolute Gasteiger partial charge is 0.248 e. The summed E-state index contributed by atoms with van der Waals surface area (Å²) in [6, 6.07) is 16.2. The number of nitrogens with zero attached hydrogens (tertiary/aromatic N) is 1. The van der Waals surface area contributed by atoms with Gasteiger partial charge in [0.05, 0.1) is 18.2 Å². The van der Waals surface area contributed by atoms with Gasteiger partial charge in [0.1, 0.15) is 5.75 Å². The van der Waals surface area contributed by atoms with Crippen molar-refractivity contribution in [1.29, 1.82) is 5.26 Å². The molecule has 110 valence electrons. The average Bonchev–Trinajstić information content (AvgIpc) is 2.55. The zero-order valence-corrected chi connectivity index (χ0v) is 12.2. The van der Waals surface area contributed by atoms with Gasteiger partial charge in [-0.2, -0.15) is 5.26 Å². The maximum Gasteiger partial charge on any atom is 0.248 e. The maximum atomic E-state index is 11.8. The van der Waals surface area contributed by atoms with Crippen molar-refractivity contribution in [2.24, 2.45) is 0 Å². The molecule has 0 atom stereocenters. The Bertz CT molecular complexity index is 695. The molecule has 0 aliphatic rings. The highest BCUT2D eigenvalue weighted by Gasteiger charge is 1.98. The van der Waals surface area contributed by atoms with Crippen molar-refractivity contribution >= 4 is 17.7 Å². The lowest BCUT2D eigenvalue weighted by atomic mass is 10.2. The molecule has 2 aromatic rings. The van der Waals surface area contributed by atoms with Crippen molar-refractivity contribution < 1.29 is 9.53 Å². The van der Waals surface area contributed by atoms with Crippen LogP contribution in [0.3, 0.4) is 0 Å². The molecule has 2 rings (SSSR count). The number of hydrogen-bond acceptors (Lipinski definition) is 3. The van der Waals surface area contributed by atoms with Gasteiger partial charge in [0.2, 0.25) is 5.91 Å². The monoisotopic (exact) mass is 292 g/mol. The Balaban J connectivity index is 1.94. The van der Waals surface area contributed by atoms with E-state index in [1.54, 1.807) is 30.3 Å². The van der Waals surface area contributed by atoms with E-state index in [-0.39, 0.29) is 5.91 Å². The predicted octanol–water partition coefficient (Wildman–Crippen LogP) is 3.61. The summed E-state index contributed by atoms with van der Waals surface area (Å²) in [6.07, 6.45) is 3.20. The Hall–Kier alpha value is -3.06. The first-order valence-electron chi connectivity index (χ1n) is 6.93. The molecule has 0 heterocycles. The Morgan fingerprint density at radius 3 is 2.45 bits per heavy atom. The van der Waals surface area contributed by atoms with E-state index < -0.39 is 0 Å². The van der Waals surface area contributed by atoms with Gasteiger partial charge >= 0.3 is 0 Å². The largest absolute Gasteiger partial charge is 0.494 e. The van der Waals surface area contributed by atoms with Crippen LogP contribution < -0.4 is 10.1 Å². The van der Waals surface area contributed by atoms with E-state index in [1.165, 1.54) is 6.08 Å². The molecule has 22 heavy (non-hydrogen) atoms. The molecule has 0 saturated heterocycles. The first kappa shape index (κ1) is 15.3. The minimum absolute atomic E-state index is 0.224. The SMILES string of the molecule is CCOc1ccc(/C=C/C(=O)Nc2ccc(C#N)cc2)cc1. The van der Waals surface area contributed by atoms with Gasteiger partial charge in [-0.05, 0) is 55.0 Å². The van der Waals surface area contributed by atoms with E-state index in [1.807, 2.05) is 37.3 Å². The Morgan fingerprint density at radius 2 is 1.86 bits per heavy atom. The molecular weight excluding hydrogens is 276 g/mol. The molecule has 0 saturated carbocycles. The van der Waals surface area contributed by atoms with Crippen LogP contribution in [-0.4, -0.2) is 12.5 Å². The number of rotatable bonds is 5. The summed E-state index contributed by atoms with van der Waals surface area (Å²) in [6.45, 7) is 2.56. The fourth-order valence-corrected chi connectivity index (χ4v) is 1.83. The van der Waals surface area contributed by atoms with Crippen molar-refractivity contribution in [3.63, 3.8) is 0 Å². The molecule has 1 amide bonds. The zero-order valence-electron chi connectivity index (χ0n) is 12.2. The topological polar surface area (TPSA) is 62.1 Å². The van der Waals surface area contributed by atoms with Crippen LogP contribution in [0.5, 0.6) is 5.75 Å². The first-order valence-corrected chi connectivity index (χ1v) is 6.93. The van der Waals surface area contributed by atoms with Gasteiger partial charge in [0, 0.05) is 11.8 Å². The molecule has 4 nitrogen and oxygen atoms in total. The van der Waals surface area contributed by atoms with E-state index in [9.17, 15) is 4.79 Å². The third-order valence-corrected chi connectivity index (χ3v) is 2.90. The summed E-state index contributed by atoms with van der Waals surface area (Å²) in [5.74, 6) is 0.584. The fourth-order valence-electron chi connectivity index (χ4n) is 1.83. The zero-order chi connectivity index (χ0) is 15.8. The van der Waals surface area contributed by atoms with Gasteiger partial charge < -0.3 is 10.1 Å². The van der Waals surface area contributed by atoms with Crippen LogP contribution in [-0.2, 0) is 4.79 Å². The van der Waals surface area contributed by atoms with E-state index in [4.69, 9.17) is 10.00 Å². The summed E-state index contributed by atoms with van der Waals surface area (Å²) in [7, 11) is 0. The molecule has 4 heteroatoms. The van der Waals surface area contributed by atoms with Crippen LogP contribution in [0.4, 0.5) is 5.69 Å². The van der Waals surface area contributed by atoms with E-state index >= 15 is 0 Å².